The summed E-state index contributed by atoms with van der Waals surface area (Å²) in [7, 11) is -3.47. The topological polar surface area (TPSA) is 81.4 Å². The summed E-state index contributed by atoms with van der Waals surface area (Å²) in [4.78, 5) is 1.17. The van der Waals surface area contributed by atoms with Gasteiger partial charge in [-0.2, -0.15) is 0 Å². The van der Waals surface area contributed by atoms with E-state index < -0.39 is 10.0 Å². The molecule has 2 rings (SSSR count). The average Bonchev–Trinajstić information content (AvgIpc) is 2.87. The Morgan fingerprint density at radius 3 is 2.75 bits per heavy atom. The maximum atomic E-state index is 12.3. The smallest absolute Gasteiger partial charge is 0.241 e. The van der Waals surface area contributed by atoms with E-state index in [1.807, 2.05) is 20.8 Å². The summed E-state index contributed by atoms with van der Waals surface area (Å²) >= 11 is 1.37. The fourth-order valence-corrected chi connectivity index (χ4v) is 4.99. The van der Waals surface area contributed by atoms with Crippen molar-refractivity contribution in [2.24, 2.45) is 11.1 Å². The minimum Gasteiger partial charge on any atom is -0.378 e. The van der Waals surface area contributed by atoms with Crippen molar-refractivity contribution in [2.45, 2.75) is 50.8 Å². The summed E-state index contributed by atoms with van der Waals surface area (Å²) in [6.45, 7) is 7.03. The van der Waals surface area contributed by atoms with Gasteiger partial charge < -0.3 is 10.5 Å². The zero-order valence-corrected chi connectivity index (χ0v) is 13.7. The van der Waals surface area contributed by atoms with Gasteiger partial charge >= 0.3 is 0 Å². The molecule has 1 saturated carbocycles. The first-order chi connectivity index (χ1) is 9.31. The van der Waals surface area contributed by atoms with Gasteiger partial charge in [0, 0.05) is 34.9 Å². The van der Waals surface area contributed by atoms with E-state index in [0.29, 0.717) is 24.5 Å². The Kier molecular flexibility index (Phi) is 4.56. The van der Waals surface area contributed by atoms with E-state index in [1.165, 1.54) is 11.3 Å². The number of nitrogens with one attached hydrogen (secondary N) is 1. The van der Waals surface area contributed by atoms with E-state index >= 15 is 0 Å². The zero-order chi connectivity index (χ0) is 15.0. The van der Waals surface area contributed by atoms with Crippen LogP contribution < -0.4 is 10.5 Å². The van der Waals surface area contributed by atoms with Gasteiger partial charge in [0.2, 0.25) is 10.0 Å². The normalized spacial score (nSPS) is 25.4. The van der Waals surface area contributed by atoms with Crippen molar-refractivity contribution in [3.8, 4) is 0 Å². The third-order valence-electron chi connectivity index (χ3n) is 3.98. The maximum Gasteiger partial charge on any atom is 0.241 e. The largest absolute Gasteiger partial charge is 0.378 e. The fourth-order valence-electron chi connectivity index (χ4n) is 2.43. The molecular formula is C13H22N2O3S2. The summed E-state index contributed by atoms with van der Waals surface area (Å²) in [5, 5.41) is 1.64. The number of rotatable bonds is 6. The highest BCUT2D eigenvalue weighted by Crippen LogP contribution is 2.43. The third kappa shape index (κ3) is 2.92. The molecule has 1 aliphatic carbocycles. The Morgan fingerprint density at radius 1 is 1.55 bits per heavy atom. The number of sulfonamides is 1. The molecule has 0 spiro atoms. The maximum absolute atomic E-state index is 12.3. The molecule has 1 aromatic rings. The van der Waals surface area contributed by atoms with Gasteiger partial charge in [-0.1, -0.05) is 13.8 Å². The van der Waals surface area contributed by atoms with E-state index in [0.717, 1.165) is 4.88 Å². The van der Waals surface area contributed by atoms with Crippen molar-refractivity contribution in [2.75, 3.05) is 6.61 Å². The Hall–Kier alpha value is -0.470. The van der Waals surface area contributed by atoms with Crippen molar-refractivity contribution >= 4 is 21.4 Å². The summed E-state index contributed by atoms with van der Waals surface area (Å²) in [5.41, 5.74) is 5.33. The summed E-state index contributed by atoms with van der Waals surface area (Å²) in [5.74, 6) is 0. The molecule has 0 aromatic carbocycles. The van der Waals surface area contributed by atoms with Crippen molar-refractivity contribution in [3.63, 3.8) is 0 Å². The predicted octanol–water partition coefficient (Wildman–Crippen LogP) is 1.69. The predicted molar refractivity (Wildman–Crippen MR) is 80.1 cm³/mol. The lowest BCUT2D eigenvalue weighted by Gasteiger charge is -2.51. The Morgan fingerprint density at radius 2 is 2.25 bits per heavy atom. The molecule has 0 aliphatic heterocycles. The molecule has 1 fully saturated rings. The second-order valence-corrected chi connectivity index (χ2v) is 8.34. The molecule has 0 bridgehead atoms. The van der Waals surface area contributed by atoms with E-state index in [1.54, 1.807) is 11.4 Å². The van der Waals surface area contributed by atoms with Crippen LogP contribution in [0.25, 0.3) is 0 Å². The molecule has 1 heterocycles. The molecule has 7 heteroatoms. The highest BCUT2D eigenvalue weighted by atomic mass is 32.2. The number of hydrogen-bond acceptors (Lipinski definition) is 5. The van der Waals surface area contributed by atoms with Crippen LogP contribution in [0.3, 0.4) is 0 Å². The minimum atomic E-state index is -3.47. The molecule has 20 heavy (non-hydrogen) atoms. The van der Waals surface area contributed by atoms with Crippen molar-refractivity contribution < 1.29 is 13.2 Å². The minimum absolute atomic E-state index is 0.0923. The number of hydrogen-bond donors (Lipinski definition) is 2. The molecule has 5 nitrogen and oxygen atoms in total. The first-order valence-electron chi connectivity index (χ1n) is 6.72. The molecule has 1 aromatic heterocycles. The van der Waals surface area contributed by atoms with Crippen LogP contribution in [0, 0.1) is 5.41 Å². The Bertz CT molecular complexity index is 566. The molecule has 114 valence electrons. The van der Waals surface area contributed by atoms with Crippen LogP contribution in [0.2, 0.25) is 0 Å². The van der Waals surface area contributed by atoms with Crippen LogP contribution in [0.5, 0.6) is 0 Å². The van der Waals surface area contributed by atoms with E-state index in [-0.39, 0.29) is 17.6 Å². The van der Waals surface area contributed by atoms with Crippen LogP contribution in [-0.4, -0.2) is 27.2 Å². The highest BCUT2D eigenvalue weighted by Gasteiger charge is 2.50. The quantitative estimate of drug-likeness (QED) is 0.836. The van der Waals surface area contributed by atoms with Gasteiger partial charge in [0.15, 0.2) is 0 Å². The Balaban J connectivity index is 2.07. The average molecular weight is 318 g/mol. The number of nitrogens with two attached hydrogens (primary N) is 1. The summed E-state index contributed by atoms with van der Waals surface area (Å²) < 4.78 is 33.1. The van der Waals surface area contributed by atoms with Gasteiger partial charge in [-0.05, 0) is 19.4 Å². The summed E-state index contributed by atoms with van der Waals surface area (Å²) in [6, 6.07) is 1.55. The van der Waals surface area contributed by atoms with Gasteiger partial charge in [-0.3, -0.25) is 0 Å². The van der Waals surface area contributed by atoms with Gasteiger partial charge in [-0.25, -0.2) is 13.1 Å². The molecule has 0 saturated heterocycles. The molecule has 0 radical (unpaired) electrons. The van der Waals surface area contributed by atoms with Gasteiger partial charge in [0.25, 0.3) is 0 Å². The van der Waals surface area contributed by atoms with Crippen LogP contribution in [0.15, 0.2) is 16.3 Å². The Labute approximate surface area is 124 Å². The molecule has 2 unspecified atom stereocenters. The van der Waals surface area contributed by atoms with E-state index in [9.17, 15) is 8.42 Å². The van der Waals surface area contributed by atoms with Gasteiger partial charge in [0.05, 0.1) is 11.0 Å². The van der Waals surface area contributed by atoms with Crippen LogP contribution >= 0.6 is 11.3 Å². The number of ether oxygens (including phenoxy) is 1. The second-order valence-electron chi connectivity index (χ2n) is 5.63. The van der Waals surface area contributed by atoms with Crippen molar-refractivity contribution in [1.82, 2.24) is 4.72 Å². The SMILES string of the molecule is CCOC1CC(NS(=O)(=O)c2csc(CN)c2)C1(C)C. The number of thiophene rings is 1. The fraction of sp³-hybridized carbons (Fsp3) is 0.692. The first kappa shape index (κ1) is 15.9. The molecule has 1 aliphatic rings. The van der Waals surface area contributed by atoms with Crippen molar-refractivity contribution in [1.29, 1.82) is 0 Å². The molecule has 3 N–H and O–H groups in total. The lowest BCUT2D eigenvalue weighted by Crippen LogP contribution is -2.61. The lowest BCUT2D eigenvalue weighted by atomic mass is 9.65. The standard InChI is InChI=1S/C13H22N2O3S2/c1-4-18-12-6-11(13(12,2)3)15-20(16,17)10-5-9(7-14)19-8-10/h5,8,11-12,15H,4,6-7,14H2,1-3H3. The van der Waals surface area contributed by atoms with Crippen LogP contribution in [0.1, 0.15) is 32.1 Å². The zero-order valence-electron chi connectivity index (χ0n) is 12.0. The summed E-state index contributed by atoms with van der Waals surface area (Å²) in [6.07, 6.45) is 0.829. The third-order valence-corrected chi connectivity index (χ3v) is 6.54. The monoisotopic (exact) mass is 318 g/mol. The molecule has 2 atom stereocenters. The highest BCUT2D eigenvalue weighted by molar-refractivity contribution is 7.89. The van der Waals surface area contributed by atoms with Crippen LogP contribution in [0.4, 0.5) is 0 Å². The first-order valence-corrected chi connectivity index (χ1v) is 9.09. The van der Waals surface area contributed by atoms with Gasteiger partial charge in [-0.15, -0.1) is 11.3 Å². The molecular weight excluding hydrogens is 296 g/mol. The lowest BCUT2D eigenvalue weighted by molar-refractivity contribution is -0.108. The molecule has 0 amide bonds. The van der Waals surface area contributed by atoms with Crippen molar-refractivity contribution in [3.05, 3.63) is 16.3 Å². The van der Waals surface area contributed by atoms with Crippen LogP contribution in [-0.2, 0) is 21.3 Å². The van der Waals surface area contributed by atoms with E-state index in [2.05, 4.69) is 4.72 Å². The van der Waals surface area contributed by atoms with E-state index in [4.69, 9.17) is 10.5 Å². The second kappa shape index (κ2) is 5.73. The van der Waals surface area contributed by atoms with Gasteiger partial charge in [0.1, 0.15) is 0 Å².